The molecule has 134 valence electrons. The van der Waals surface area contributed by atoms with E-state index in [2.05, 4.69) is 22.1 Å². The fraction of sp³-hybridized carbons (Fsp3) is 0.600. The minimum atomic E-state index is 0.120. The lowest BCUT2D eigenvalue weighted by Gasteiger charge is -2.34. The van der Waals surface area contributed by atoms with E-state index >= 15 is 0 Å². The van der Waals surface area contributed by atoms with Gasteiger partial charge in [0.05, 0.1) is 0 Å². The number of piperidine rings is 1. The number of carbonyl (C=O) groups is 1. The summed E-state index contributed by atoms with van der Waals surface area (Å²) >= 11 is 0. The van der Waals surface area contributed by atoms with Crippen LogP contribution in [0.1, 0.15) is 45.4 Å². The van der Waals surface area contributed by atoms with E-state index < -0.39 is 0 Å². The first-order valence-corrected chi connectivity index (χ1v) is 9.61. The highest BCUT2D eigenvalue weighted by Crippen LogP contribution is 2.28. The first kappa shape index (κ1) is 16.4. The Hall–Kier alpha value is -2.04. The highest BCUT2D eigenvalue weighted by molar-refractivity contribution is 5.79. The molecule has 5 heteroatoms. The smallest absolute Gasteiger partial charge is 0.298 e. The zero-order valence-electron chi connectivity index (χ0n) is 14.9. The third-order valence-corrected chi connectivity index (χ3v) is 5.86. The maximum atomic E-state index is 12.6. The predicted molar refractivity (Wildman–Crippen MR) is 98.5 cm³/mol. The normalized spacial score (nSPS) is 25.2. The molecule has 0 spiro atoms. The molecule has 2 aliphatic rings. The van der Waals surface area contributed by atoms with Gasteiger partial charge in [-0.15, -0.1) is 0 Å². The minimum Gasteiger partial charge on any atom is -0.423 e. The number of amides is 1. The lowest BCUT2D eigenvalue weighted by Crippen LogP contribution is -2.46. The van der Waals surface area contributed by atoms with Crippen LogP contribution in [0.2, 0.25) is 0 Å². The highest BCUT2D eigenvalue weighted by Gasteiger charge is 2.30. The molecule has 2 heterocycles. The molecule has 2 atom stereocenters. The summed E-state index contributed by atoms with van der Waals surface area (Å²) < 4.78 is 5.85. The topological polar surface area (TPSA) is 58.4 Å². The molecule has 0 radical (unpaired) electrons. The maximum absolute atomic E-state index is 12.6. The molecule has 1 aliphatic heterocycles. The number of nitrogens with one attached hydrogen (secondary N) is 1. The van der Waals surface area contributed by atoms with Gasteiger partial charge in [-0.3, -0.25) is 4.79 Å². The van der Waals surface area contributed by atoms with E-state index in [0.29, 0.717) is 18.0 Å². The number of nitrogens with zero attached hydrogens (tertiary/aromatic N) is 2. The Balaban J connectivity index is 1.33. The van der Waals surface area contributed by atoms with E-state index in [-0.39, 0.29) is 11.8 Å². The number of hydrogen-bond donors (Lipinski definition) is 1. The molecule has 2 aromatic rings. The van der Waals surface area contributed by atoms with Gasteiger partial charge in [-0.25, -0.2) is 0 Å². The molecule has 5 nitrogen and oxygen atoms in total. The number of aromatic nitrogens is 1. The number of anilines is 1. The van der Waals surface area contributed by atoms with Crippen LogP contribution in [0.4, 0.5) is 6.01 Å². The van der Waals surface area contributed by atoms with Crippen molar-refractivity contribution in [2.45, 2.75) is 51.5 Å². The van der Waals surface area contributed by atoms with Crippen molar-refractivity contribution < 1.29 is 9.21 Å². The van der Waals surface area contributed by atoms with Crippen LogP contribution in [0, 0.1) is 11.8 Å². The van der Waals surface area contributed by atoms with Crippen molar-refractivity contribution in [1.29, 1.82) is 0 Å². The molecule has 1 aliphatic carbocycles. The first-order valence-electron chi connectivity index (χ1n) is 9.61. The van der Waals surface area contributed by atoms with Crippen molar-refractivity contribution in [2.75, 3.05) is 18.0 Å². The Morgan fingerprint density at radius 1 is 1.16 bits per heavy atom. The van der Waals surface area contributed by atoms with Gasteiger partial charge in [0, 0.05) is 25.0 Å². The Labute approximate surface area is 148 Å². The van der Waals surface area contributed by atoms with Gasteiger partial charge in [-0.1, -0.05) is 31.9 Å². The summed E-state index contributed by atoms with van der Waals surface area (Å²) in [5.41, 5.74) is 1.72. The number of para-hydroxylation sites is 2. The standard InChI is InChI=1S/C20H27N3O2/c1-14-6-2-3-7-16(14)21-19(24)15-10-12-23(13-11-15)20-22-17-8-4-5-9-18(17)25-20/h4-5,8-9,14-16H,2-3,6-7,10-13H2,1H3,(H,21,24)/t14-,16-/m0/s1. The number of rotatable bonds is 3. The Morgan fingerprint density at radius 2 is 1.92 bits per heavy atom. The number of fused-ring (bicyclic) bond motifs is 1. The fourth-order valence-electron chi connectivity index (χ4n) is 4.16. The van der Waals surface area contributed by atoms with E-state index in [1.54, 1.807) is 0 Å². The summed E-state index contributed by atoms with van der Waals surface area (Å²) in [5, 5.41) is 3.32. The van der Waals surface area contributed by atoms with Crippen LogP contribution in [0.25, 0.3) is 11.1 Å². The second kappa shape index (κ2) is 7.06. The first-order chi connectivity index (χ1) is 12.2. The van der Waals surface area contributed by atoms with Crippen LogP contribution in [-0.4, -0.2) is 30.0 Å². The molecule has 1 aromatic carbocycles. The van der Waals surface area contributed by atoms with Crippen molar-refractivity contribution in [3.63, 3.8) is 0 Å². The van der Waals surface area contributed by atoms with Gasteiger partial charge in [0.2, 0.25) is 5.91 Å². The third kappa shape index (κ3) is 3.51. The van der Waals surface area contributed by atoms with Crippen molar-refractivity contribution >= 4 is 23.0 Å². The van der Waals surface area contributed by atoms with E-state index in [0.717, 1.165) is 43.5 Å². The number of benzene rings is 1. The van der Waals surface area contributed by atoms with Crippen molar-refractivity contribution in [1.82, 2.24) is 10.3 Å². The molecule has 1 aromatic heterocycles. The molecule has 2 fully saturated rings. The zero-order valence-corrected chi connectivity index (χ0v) is 14.9. The molecule has 4 rings (SSSR count). The second-order valence-corrected chi connectivity index (χ2v) is 7.60. The summed E-state index contributed by atoms with van der Waals surface area (Å²) in [6, 6.07) is 8.89. The lowest BCUT2D eigenvalue weighted by atomic mass is 9.85. The summed E-state index contributed by atoms with van der Waals surface area (Å²) in [6.45, 7) is 3.91. The Morgan fingerprint density at radius 3 is 2.68 bits per heavy atom. The largest absolute Gasteiger partial charge is 0.423 e. The van der Waals surface area contributed by atoms with Crippen LogP contribution in [0.5, 0.6) is 0 Å². The lowest BCUT2D eigenvalue weighted by molar-refractivity contribution is -0.126. The van der Waals surface area contributed by atoms with Gasteiger partial charge < -0.3 is 14.6 Å². The number of oxazole rings is 1. The fourth-order valence-corrected chi connectivity index (χ4v) is 4.16. The van der Waals surface area contributed by atoms with Gasteiger partial charge in [-0.2, -0.15) is 4.98 Å². The van der Waals surface area contributed by atoms with Crippen molar-refractivity contribution in [3.05, 3.63) is 24.3 Å². The Bertz CT molecular complexity index is 700. The SMILES string of the molecule is C[C@H]1CCCC[C@@H]1NC(=O)C1CCN(c2nc3ccccc3o2)CC1. The maximum Gasteiger partial charge on any atom is 0.298 e. The van der Waals surface area contributed by atoms with Crippen LogP contribution < -0.4 is 10.2 Å². The molecule has 0 bridgehead atoms. The summed E-state index contributed by atoms with van der Waals surface area (Å²) in [4.78, 5) is 19.4. The summed E-state index contributed by atoms with van der Waals surface area (Å²) in [6.07, 6.45) is 6.65. The molecule has 1 saturated heterocycles. The monoisotopic (exact) mass is 341 g/mol. The summed E-state index contributed by atoms with van der Waals surface area (Å²) in [7, 11) is 0. The van der Waals surface area contributed by atoms with Gasteiger partial charge in [0.25, 0.3) is 6.01 Å². The molecular formula is C20H27N3O2. The average Bonchev–Trinajstić information content (AvgIpc) is 3.08. The van der Waals surface area contributed by atoms with Crippen LogP contribution in [0.3, 0.4) is 0 Å². The van der Waals surface area contributed by atoms with Crippen LogP contribution in [-0.2, 0) is 4.79 Å². The number of carbonyl (C=O) groups excluding carboxylic acids is 1. The molecule has 25 heavy (non-hydrogen) atoms. The average molecular weight is 341 g/mol. The van der Waals surface area contributed by atoms with E-state index in [9.17, 15) is 4.79 Å². The Kier molecular flexibility index (Phi) is 4.64. The third-order valence-electron chi connectivity index (χ3n) is 5.86. The number of hydrogen-bond acceptors (Lipinski definition) is 4. The second-order valence-electron chi connectivity index (χ2n) is 7.60. The zero-order chi connectivity index (χ0) is 17.2. The minimum absolute atomic E-state index is 0.120. The summed E-state index contributed by atoms with van der Waals surface area (Å²) in [5.74, 6) is 0.975. The van der Waals surface area contributed by atoms with E-state index in [4.69, 9.17) is 4.42 Å². The molecule has 1 saturated carbocycles. The molecule has 1 amide bonds. The van der Waals surface area contributed by atoms with Gasteiger partial charge in [-0.05, 0) is 43.7 Å². The quantitative estimate of drug-likeness (QED) is 0.924. The highest BCUT2D eigenvalue weighted by atomic mass is 16.4. The predicted octanol–water partition coefficient (Wildman–Crippen LogP) is 3.74. The van der Waals surface area contributed by atoms with Gasteiger partial charge >= 0.3 is 0 Å². The molecule has 1 N–H and O–H groups in total. The van der Waals surface area contributed by atoms with Crippen molar-refractivity contribution in [3.8, 4) is 0 Å². The van der Waals surface area contributed by atoms with Gasteiger partial charge in [0.15, 0.2) is 5.58 Å². The van der Waals surface area contributed by atoms with E-state index in [1.807, 2.05) is 24.3 Å². The van der Waals surface area contributed by atoms with Crippen molar-refractivity contribution in [2.24, 2.45) is 11.8 Å². The van der Waals surface area contributed by atoms with Gasteiger partial charge in [0.1, 0.15) is 5.52 Å². The molecular weight excluding hydrogens is 314 g/mol. The van der Waals surface area contributed by atoms with Crippen LogP contribution in [0.15, 0.2) is 28.7 Å². The van der Waals surface area contributed by atoms with E-state index in [1.165, 1.54) is 19.3 Å². The van der Waals surface area contributed by atoms with Crippen LogP contribution >= 0.6 is 0 Å². The molecule has 0 unspecified atom stereocenters.